The second-order valence-electron chi connectivity index (χ2n) is 4.20. The van der Waals surface area contributed by atoms with E-state index in [1.54, 1.807) is 11.0 Å². The van der Waals surface area contributed by atoms with E-state index in [0.29, 0.717) is 25.3 Å². The molecule has 19 heavy (non-hydrogen) atoms. The van der Waals surface area contributed by atoms with E-state index in [1.165, 1.54) is 12.1 Å². The van der Waals surface area contributed by atoms with Gasteiger partial charge in [0, 0.05) is 24.5 Å². The van der Waals surface area contributed by atoms with Crippen molar-refractivity contribution in [3.63, 3.8) is 0 Å². The highest BCUT2D eigenvalue weighted by Crippen LogP contribution is 2.16. The molecule has 1 aromatic rings. The standard InChI is InChI=1S/C12H16N4O3/c13-8-1-2-9(10(14)7-8)11(17)19-6-5-16-4-3-15-12(16)18/h1-2,7H,3-6,13-14H2,(H,15,18). The molecule has 2 amide bonds. The van der Waals surface area contributed by atoms with Crippen LogP contribution in [0, 0.1) is 0 Å². The number of anilines is 2. The van der Waals surface area contributed by atoms with E-state index in [1.807, 2.05) is 0 Å². The van der Waals surface area contributed by atoms with Crippen LogP contribution in [0.15, 0.2) is 18.2 Å². The Bertz CT molecular complexity index is 504. The summed E-state index contributed by atoms with van der Waals surface area (Å²) in [6, 6.07) is 4.48. The molecule has 5 N–H and O–H groups in total. The van der Waals surface area contributed by atoms with Crippen LogP contribution in [0.25, 0.3) is 0 Å². The topological polar surface area (TPSA) is 111 Å². The van der Waals surface area contributed by atoms with E-state index >= 15 is 0 Å². The van der Waals surface area contributed by atoms with Crippen molar-refractivity contribution in [3.05, 3.63) is 23.8 Å². The Morgan fingerprint density at radius 2 is 2.21 bits per heavy atom. The van der Waals surface area contributed by atoms with Gasteiger partial charge in [-0.15, -0.1) is 0 Å². The number of nitrogens with one attached hydrogen (secondary N) is 1. The number of carbonyl (C=O) groups excluding carboxylic acids is 2. The Labute approximate surface area is 110 Å². The largest absolute Gasteiger partial charge is 0.460 e. The van der Waals surface area contributed by atoms with E-state index in [0.717, 1.165) is 0 Å². The van der Waals surface area contributed by atoms with Crippen LogP contribution in [0.1, 0.15) is 10.4 Å². The number of urea groups is 1. The van der Waals surface area contributed by atoms with Crippen LogP contribution in [0.3, 0.4) is 0 Å². The minimum atomic E-state index is -0.517. The van der Waals surface area contributed by atoms with Crippen LogP contribution < -0.4 is 16.8 Å². The van der Waals surface area contributed by atoms with Crippen molar-refractivity contribution < 1.29 is 14.3 Å². The van der Waals surface area contributed by atoms with Crippen LogP contribution >= 0.6 is 0 Å². The number of carbonyl (C=O) groups is 2. The molecule has 0 unspecified atom stereocenters. The molecule has 7 heteroatoms. The van der Waals surface area contributed by atoms with Crippen LogP contribution in [0.2, 0.25) is 0 Å². The lowest BCUT2D eigenvalue weighted by atomic mass is 10.1. The predicted octanol–water partition coefficient (Wildman–Crippen LogP) is 0.0330. The molecular weight excluding hydrogens is 248 g/mol. The molecule has 1 aliphatic rings. The van der Waals surface area contributed by atoms with Gasteiger partial charge < -0.3 is 26.4 Å². The first kappa shape index (κ1) is 13.0. The van der Waals surface area contributed by atoms with Gasteiger partial charge in [0.15, 0.2) is 0 Å². The highest BCUT2D eigenvalue weighted by Gasteiger charge is 2.19. The highest BCUT2D eigenvalue weighted by molar-refractivity contribution is 5.95. The fourth-order valence-electron chi connectivity index (χ4n) is 1.82. The third-order valence-corrected chi connectivity index (χ3v) is 2.84. The van der Waals surface area contributed by atoms with E-state index in [4.69, 9.17) is 16.2 Å². The average Bonchev–Trinajstić information content (AvgIpc) is 2.75. The van der Waals surface area contributed by atoms with Crippen molar-refractivity contribution >= 4 is 23.4 Å². The Hall–Kier alpha value is -2.44. The number of nitrogens with zero attached hydrogens (tertiary/aromatic N) is 1. The zero-order valence-electron chi connectivity index (χ0n) is 10.4. The van der Waals surface area contributed by atoms with E-state index < -0.39 is 5.97 Å². The zero-order chi connectivity index (χ0) is 13.8. The summed E-state index contributed by atoms with van der Waals surface area (Å²) < 4.78 is 5.08. The first-order chi connectivity index (χ1) is 9.08. The van der Waals surface area contributed by atoms with E-state index in [9.17, 15) is 9.59 Å². The Morgan fingerprint density at radius 3 is 2.84 bits per heavy atom. The lowest BCUT2D eigenvalue weighted by molar-refractivity contribution is 0.0483. The monoisotopic (exact) mass is 264 g/mol. The minimum Gasteiger partial charge on any atom is -0.460 e. The minimum absolute atomic E-state index is 0.135. The molecule has 1 saturated heterocycles. The number of rotatable bonds is 4. The number of ether oxygens (including phenoxy) is 1. The SMILES string of the molecule is Nc1ccc(C(=O)OCCN2CCNC2=O)c(N)c1. The number of amides is 2. The van der Waals surface area contributed by atoms with Gasteiger partial charge in [0.25, 0.3) is 0 Å². The van der Waals surface area contributed by atoms with Gasteiger partial charge in [0.05, 0.1) is 12.1 Å². The van der Waals surface area contributed by atoms with Crippen molar-refractivity contribution in [2.24, 2.45) is 0 Å². The number of benzene rings is 1. The summed E-state index contributed by atoms with van der Waals surface area (Å²) >= 11 is 0. The van der Waals surface area contributed by atoms with Crippen LogP contribution in [-0.4, -0.2) is 43.1 Å². The fourth-order valence-corrected chi connectivity index (χ4v) is 1.82. The summed E-state index contributed by atoms with van der Waals surface area (Å²) in [5.74, 6) is -0.517. The summed E-state index contributed by atoms with van der Waals surface area (Å²) in [5.41, 5.74) is 12.3. The lowest BCUT2D eigenvalue weighted by Gasteiger charge is -2.14. The summed E-state index contributed by atoms with van der Waals surface area (Å²) in [6.07, 6.45) is 0. The molecule has 0 bridgehead atoms. The highest BCUT2D eigenvalue weighted by atomic mass is 16.5. The lowest BCUT2D eigenvalue weighted by Crippen LogP contribution is -2.31. The van der Waals surface area contributed by atoms with Crippen LogP contribution in [-0.2, 0) is 4.74 Å². The number of nitrogens with two attached hydrogens (primary N) is 2. The van der Waals surface area contributed by atoms with Gasteiger partial charge in [-0.25, -0.2) is 9.59 Å². The van der Waals surface area contributed by atoms with Gasteiger partial charge in [0.1, 0.15) is 6.61 Å². The van der Waals surface area contributed by atoms with Crippen LogP contribution in [0.4, 0.5) is 16.2 Å². The maximum Gasteiger partial charge on any atom is 0.340 e. The molecule has 2 rings (SSSR count). The van der Waals surface area contributed by atoms with Gasteiger partial charge in [-0.3, -0.25) is 0 Å². The van der Waals surface area contributed by atoms with Crippen molar-refractivity contribution in [1.82, 2.24) is 10.2 Å². The number of esters is 1. The predicted molar refractivity (Wildman–Crippen MR) is 70.5 cm³/mol. The fraction of sp³-hybridized carbons (Fsp3) is 0.333. The van der Waals surface area contributed by atoms with Crippen molar-refractivity contribution in [2.75, 3.05) is 37.7 Å². The first-order valence-corrected chi connectivity index (χ1v) is 5.93. The maximum absolute atomic E-state index is 11.8. The van der Waals surface area contributed by atoms with Gasteiger partial charge in [-0.2, -0.15) is 0 Å². The second kappa shape index (κ2) is 5.47. The van der Waals surface area contributed by atoms with Gasteiger partial charge in [-0.1, -0.05) is 0 Å². The molecule has 0 atom stereocenters. The molecule has 0 aliphatic carbocycles. The van der Waals surface area contributed by atoms with Crippen molar-refractivity contribution in [1.29, 1.82) is 0 Å². The van der Waals surface area contributed by atoms with Gasteiger partial charge in [-0.05, 0) is 18.2 Å². The summed E-state index contributed by atoms with van der Waals surface area (Å²) in [4.78, 5) is 24.6. The Balaban J connectivity index is 1.85. The number of hydrogen-bond acceptors (Lipinski definition) is 5. The number of hydrogen-bond donors (Lipinski definition) is 3. The summed E-state index contributed by atoms with van der Waals surface area (Å²) in [7, 11) is 0. The molecule has 0 radical (unpaired) electrons. The molecule has 0 spiro atoms. The molecular formula is C12H16N4O3. The zero-order valence-corrected chi connectivity index (χ0v) is 10.4. The second-order valence-corrected chi connectivity index (χ2v) is 4.20. The normalized spacial score (nSPS) is 14.3. The van der Waals surface area contributed by atoms with Gasteiger partial charge >= 0.3 is 12.0 Å². The smallest absolute Gasteiger partial charge is 0.340 e. The quantitative estimate of drug-likeness (QED) is 0.525. The molecule has 1 aromatic carbocycles. The van der Waals surface area contributed by atoms with Crippen molar-refractivity contribution in [3.8, 4) is 0 Å². The molecule has 102 valence electrons. The van der Waals surface area contributed by atoms with Crippen LogP contribution in [0.5, 0.6) is 0 Å². The Kier molecular flexibility index (Phi) is 3.74. The third kappa shape index (κ3) is 3.06. The summed E-state index contributed by atoms with van der Waals surface area (Å²) in [6.45, 7) is 1.75. The maximum atomic E-state index is 11.8. The first-order valence-electron chi connectivity index (χ1n) is 5.93. The van der Waals surface area contributed by atoms with Gasteiger partial charge in [0.2, 0.25) is 0 Å². The number of nitrogen functional groups attached to an aromatic ring is 2. The molecule has 7 nitrogen and oxygen atoms in total. The molecule has 1 fully saturated rings. The molecule has 0 aromatic heterocycles. The Morgan fingerprint density at radius 1 is 1.42 bits per heavy atom. The average molecular weight is 264 g/mol. The third-order valence-electron chi connectivity index (χ3n) is 2.84. The molecule has 1 aliphatic heterocycles. The van der Waals surface area contributed by atoms with E-state index in [2.05, 4.69) is 5.32 Å². The summed E-state index contributed by atoms with van der Waals surface area (Å²) in [5, 5.41) is 2.67. The molecule has 0 saturated carbocycles. The van der Waals surface area contributed by atoms with Crippen molar-refractivity contribution in [2.45, 2.75) is 0 Å². The van der Waals surface area contributed by atoms with E-state index in [-0.39, 0.29) is 23.9 Å². The molecule has 1 heterocycles.